The van der Waals surface area contributed by atoms with Gasteiger partial charge in [-0.15, -0.1) is 0 Å². The SMILES string of the molecule is O=PO[C@@H]1[C@H](O)[C@@H](CO)O[C@H]1n1cnc2c(NC/C=C/CNc3ncnc4c3ncn4[C@@H]3O[C@H](CO)[C@@H](O[PH](=O)S)[C@H]3O)ncnc21. The second-order valence-electron chi connectivity index (χ2n) is 10.3. The smallest absolute Gasteiger partial charge is 0.327 e. The van der Waals surface area contributed by atoms with Gasteiger partial charge in [0.2, 0.25) is 7.23 Å². The van der Waals surface area contributed by atoms with Gasteiger partial charge in [0.1, 0.15) is 49.3 Å². The molecule has 2 fully saturated rings. The van der Waals surface area contributed by atoms with E-state index < -0.39 is 78.2 Å². The zero-order valence-corrected chi connectivity index (χ0v) is 26.9. The van der Waals surface area contributed by atoms with Gasteiger partial charge in [0.05, 0.1) is 25.9 Å². The van der Waals surface area contributed by atoms with Gasteiger partial charge in [-0.1, -0.05) is 24.4 Å². The number of ether oxygens (including phenoxy) is 2. The number of thiol groups is 1. The van der Waals surface area contributed by atoms with Crippen LogP contribution in [0.15, 0.2) is 37.5 Å². The van der Waals surface area contributed by atoms with Gasteiger partial charge in [0.15, 0.2) is 46.4 Å². The minimum atomic E-state index is -2.71. The third-order valence-corrected chi connectivity index (χ3v) is 8.71. The average Bonchev–Trinajstić information content (AvgIpc) is 3.83. The Morgan fingerprint density at radius 3 is 1.94 bits per heavy atom. The van der Waals surface area contributed by atoms with Gasteiger partial charge in [0.25, 0.3) is 0 Å². The summed E-state index contributed by atoms with van der Waals surface area (Å²) in [4.78, 5) is 25.8. The molecule has 4 aromatic heterocycles. The number of nitrogens with zero attached hydrogens (tertiary/aromatic N) is 8. The Bertz CT molecular complexity index is 1770. The third-order valence-electron chi connectivity index (χ3n) is 7.59. The van der Waals surface area contributed by atoms with Crippen molar-refractivity contribution in [2.24, 2.45) is 0 Å². The van der Waals surface area contributed by atoms with Crippen LogP contribution >= 0.6 is 28.2 Å². The summed E-state index contributed by atoms with van der Waals surface area (Å²) in [5.74, 6) is 0.857. The molecule has 0 spiro atoms. The number of aliphatic hydroxyl groups is 4. The van der Waals surface area contributed by atoms with Crippen molar-refractivity contribution in [3.05, 3.63) is 37.5 Å². The number of imidazole rings is 2. The van der Waals surface area contributed by atoms with E-state index >= 15 is 0 Å². The van der Waals surface area contributed by atoms with E-state index in [4.69, 9.17) is 18.5 Å². The summed E-state index contributed by atoms with van der Waals surface area (Å²) in [6.45, 7) is -0.194. The van der Waals surface area contributed by atoms with Gasteiger partial charge >= 0.3 is 8.69 Å². The van der Waals surface area contributed by atoms with Gasteiger partial charge in [-0.2, -0.15) is 0 Å². The molecule has 6 heterocycles. The molecule has 0 aliphatic carbocycles. The molecule has 0 bridgehead atoms. The van der Waals surface area contributed by atoms with Gasteiger partial charge in [0, 0.05) is 13.1 Å². The summed E-state index contributed by atoms with van der Waals surface area (Å²) < 4.78 is 47.5. The number of fused-ring (bicyclic) bond motifs is 2. The zero-order chi connectivity index (χ0) is 33.1. The van der Waals surface area contributed by atoms with Crippen LogP contribution in [0.25, 0.3) is 22.3 Å². The van der Waals surface area contributed by atoms with E-state index in [-0.39, 0.29) is 0 Å². The lowest BCUT2D eigenvalue weighted by atomic mass is 10.1. The molecule has 20 nitrogen and oxygen atoms in total. The van der Waals surface area contributed by atoms with Crippen LogP contribution in [-0.2, 0) is 27.7 Å². The number of anilines is 2. The first-order chi connectivity index (χ1) is 22.9. The second-order valence-corrected chi connectivity index (χ2v) is 12.5. The van der Waals surface area contributed by atoms with Crippen LogP contribution < -0.4 is 10.6 Å². The fourth-order valence-corrected chi connectivity index (χ4v) is 6.64. The summed E-state index contributed by atoms with van der Waals surface area (Å²) in [6, 6.07) is 0. The maximum atomic E-state index is 11.5. The second kappa shape index (κ2) is 14.9. The number of aliphatic hydroxyl groups excluding tert-OH is 4. The quantitative estimate of drug-likeness (QED) is 0.0509. The lowest BCUT2D eigenvalue weighted by molar-refractivity contribution is -0.0502. The van der Waals surface area contributed by atoms with E-state index in [1.54, 1.807) is 0 Å². The maximum Gasteiger partial charge on any atom is 0.327 e. The predicted molar refractivity (Wildman–Crippen MR) is 166 cm³/mol. The highest BCUT2D eigenvalue weighted by Crippen LogP contribution is 2.40. The van der Waals surface area contributed by atoms with Crippen LogP contribution in [0.3, 0.4) is 0 Å². The summed E-state index contributed by atoms with van der Waals surface area (Å²) >= 11 is 3.77. The Labute approximate surface area is 272 Å². The fourth-order valence-electron chi connectivity index (χ4n) is 5.43. The largest absolute Gasteiger partial charge is 0.394 e. The first-order valence-electron chi connectivity index (χ1n) is 14.1. The first kappa shape index (κ1) is 33.7. The van der Waals surface area contributed by atoms with E-state index in [1.165, 1.54) is 34.4 Å². The molecule has 2 saturated heterocycles. The van der Waals surface area contributed by atoms with Crippen LogP contribution in [0, 0.1) is 0 Å². The molecular formula is C24H30N10O10P2S. The lowest BCUT2D eigenvalue weighted by Crippen LogP contribution is -2.34. The van der Waals surface area contributed by atoms with E-state index in [2.05, 4.69) is 52.8 Å². The van der Waals surface area contributed by atoms with Crippen molar-refractivity contribution in [3.63, 3.8) is 0 Å². The Morgan fingerprint density at radius 1 is 0.851 bits per heavy atom. The van der Waals surface area contributed by atoms with Crippen molar-refractivity contribution >= 4 is 62.1 Å². The van der Waals surface area contributed by atoms with Crippen molar-refractivity contribution in [3.8, 4) is 0 Å². The highest BCUT2D eigenvalue weighted by molar-refractivity contribution is 8.39. The molecule has 0 amide bonds. The molecule has 2 aliphatic rings. The minimum Gasteiger partial charge on any atom is -0.394 e. The maximum absolute atomic E-state index is 11.5. The molecule has 252 valence electrons. The van der Waals surface area contributed by atoms with Crippen LogP contribution in [0.2, 0.25) is 0 Å². The number of aromatic nitrogens is 8. The first-order valence-corrected chi connectivity index (χ1v) is 17.4. The Balaban J connectivity index is 1.08. The van der Waals surface area contributed by atoms with Crippen molar-refractivity contribution in [2.75, 3.05) is 36.9 Å². The standard InChI is InChI=1S/C24H30N10O10P2S/c35-5-11-15(37)18(43-45-39)24(41-11)34-10-32-14-20(28-8-30-22(14)34)26-4-2-1-3-25-19-13-21(29-7-27-19)33(9-31-13)23-16(38)17(44-46(40)47)12(6-36)42-23/h1-2,7-12,15-18,23-24,35-38,46H,3-6H2,(H,40,47)(H,25,27,29)(H,26,28,30)/b2-1+/t11-,12-,15-,16-,17-,18-,23-,24-/m1/s1. The molecule has 9 atom stereocenters. The van der Waals surface area contributed by atoms with Gasteiger partial charge in [-0.05, 0) is 0 Å². The van der Waals surface area contributed by atoms with Gasteiger partial charge in [-0.3, -0.25) is 18.2 Å². The topological polar surface area (TPSA) is 263 Å². The molecule has 6 rings (SSSR count). The lowest BCUT2D eigenvalue weighted by Gasteiger charge is -2.18. The third kappa shape index (κ3) is 6.74. The molecule has 0 radical (unpaired) electrons. The van der Waals surface area contributed by atoms with E-state index in [0.29, 0.717) is 47.1 Å². The molecule has 23 heteroatoms. The van der Waals surface area contributed by atoms with E-state index in [0.717, 1.165) is 0 Å². The Kier molecular flexibility index (Phi) is 10.7. The van der Waals surface area contributed by atoms with Gasteiger partial charge in [-0.25, -0.2) is 34.5 Å². The predicted octanol–water partition coefficient (Wildman–Crippen LogP) is -0.156. The number of hydrogen-bond acceptors (Lipinski definition) is 18. The molecule has 47 heavy (non-hydrogen) atoms. The fraction of sp³-hybridized carbons (Fsp3) is 0.500. The van der Waals surface area contributed by atoms with Crippen LogP contribution in [0.1, 0.15) is 12.5 Å². The zero-order valence-electron chi connectivity index (χ0n) is 24.1. The van der Waals surface area contributed by atoms with Crippen LogP contribution in [-0.4, -0.2) is 122 Å². The summed E-state index contributed by atoms with van der Waals surface area (Å²) in [5, 5.41) is 46.7. The average molecular weight is 713 g/mol. The monoisotopic (exact) mass is 712 g/mol. The Hall–Kier alpha value is -3.20. The Morgan fingerprint density at radius 2 is 1.40 bits per heavy atom. The molecular weight excluding hydrogens is 682 g/mol. The molecule has 0 aromatic carbocycles. The van der Waals surface area contributed by atoms with Crippen LogP contribution in [0.4, 0.5) is 11.6 Å². The number of nitrogens with one attached hydrogen (secondary N) is 2. The molecule has 4 aromatic rings. The van der Waals surface area contributed by atoms with Crippen molar-refractivity contribution in [1.82, 2.24) is 39.0 Å². The van der Waals surface area contributed by atoms with Gasteiger partial charge < -0.3 is 45.1 Å². The van der Waals surface area contributed by atoms with E-state index in [9.17, 15) is 29.6 Å². The summed E-state index contributed by atoms with van der Waals surface area (Å²) in [6.07, 6.45) is 0.834. The normalized spacial score (nSPS) is 28.6. The summed E-state index contributed by atoms with van der Waals surface area (Å²) in [7, 11) is -3.36. The van der Waals surface area contributed by atoms with Crippen LogP contribution in [0.5, 0.6) is 0 Å². The van der Waals surface area contributed by atoms with Crippen molar-refractivity contribution in [1.29, 1.82) is 0 Å². The highest BCUT2D eigenvalue weighted by Gasteiger charge is 2.47. The number of hydrogen-bond donors (Lipinski definition) is 7. The molecule has 2 aliphatic heterocycles. The molecule has 1 unspecified atom stereocenters. The molecule has 6 N–H and O–H groups in total. The summed E-state index contributed by atoms with van der Waals surface area (Å²) in [5.41, 5.74) is 1.56. The van der Waals surface area contributed by atoms with Crippen molar-refractivity contribution in [2.45, 2.75) is 49.1 Å². The molecule has 0 saturated carbocycles. The highest BCUT2D eigenvalue weighted by atomic mass is 32.7. The minimum absolute atomic E-state index is 0.357. The van der Waals surface area contributed by atoms with Crippen molar-refractivity contribution < 1.29 is 48.1 Å². The number of rotatable bonds is 14. The van der Waals surface area contributed by atoms with E-state index in [1.807, 2.05) is 12.2 Å².